The largest absolute Gasteiger partial charge is 0.365 e. The summed E-state index contributed by atoms with van der Waals surface area (Å²) in [5, 5.41) is 3.70. The summed E-state index contributed by atoms with van der Waals surface area (Å²) in [6.45, 7) is 3.30. The molecule has 0 spiro atoms. The molecule has 10 heteroatoms. The maximum Gasteiger partial charge on any atom is 0.320 e. The Kier molecular flexibility index (Phi) is 7.42. The summed E-state index contributed by atoms with van der Waals surface area (Å²) < 4.78 is 17.5. The topological polar surface area (TPSA) is 106 Å². The van der Waals surface area contributed by atoms with E-state index in [1.54, 1.807) is 13.1 Å². The number of carbonyl (C=O) groups excluding carboxylic acids is 1. The predicted molar refractivity (Wildman–Crippen MR) is 151 cm³/mol. The predicted octanol–water partition coefficient (Wildman–Crippen LogP) is 5.28. The number of hydroxylamine groups is 1. The maximum atomic E-state index is 15.2. The number of carbonyl (C=O) groups is 1. The minimum Gasteiger partial charge on any atom is -0.365 e. The lowest BCUT2D eigenvalue weighted by atomic mass is 9.80. The molecule has 0 radical (unpaired) electrons. The van der Waals surface area contributed by atoms with E-state index in [0.29, 0.717) is 35.3 Å². The van der Waals surface area contributed by atoms with Crippen LogP contribution < -0.4 is 10.8 Å². The van der Waals surface area contributed by atoms with Gasteiger partial charge in [0, 0.05) is 25.2 Å². The maximum absolute atomic E-state index is 15.2. The molecule has 3 aromatic rings. The zero-order valence-electron chi connectivity index (χ0n) is 23.3. The van der Waals surface area contributed by atoms with Crippen LogP contribution >= 0.6 is 0 Å². The number of benzene rings is 1. The van der Waals surface area contributed by atoms with Crippen LogP contribution in [0.15, 0.2) is 29.3 Å². The molecule has 2 N–H and O–H groups in total. The second kappa shape index (κ2) is 11.1. The molecule has 40 heavy (non-hydrogen) atoms. The molecule has 6 rings (SSSR count). The molecule has 0 amide bonds. The Bertz CT molecular complexity index is 1410. The number of aromatic nitrogens is 4. The normalized spacial score (nSPS) is 20.1. The van der Waals surface area contributed by atoms with Gasteiger partial charge < -0.3 is 14.7 Å². The van der Waals surface area contributed by atoms with Crippen LogP contribution in [0.5, 0.6) is 0 Å². The molecule has 212 valence electrons. The molecule has 3 aliphatic rings. The molecule has 2 heterocycles. The molecule has 3 fully saturated rings. The summed E-state index contributed by atoms with van der Waals surface area (Å²) in [4.78, 5) is 34.7. The summed E-state index contributed by atoms with van der Waals surface area (Å²) in [7, 11) is 1.58. The lowest BCUT2D eigenvalue weighted by Gasteiger charge is -2.32. The van der Waals surface area contributed by atoms with E-state index in [9.17, 15) is 4.79 Å². The Morgan fingerprint density at radius 2 is 1.93 bits per heavy atom. The van der Waals surface area contributed by atoms with Crippen LogP contribution in [0.1, 0.15) is 88.3 Å². The zero-order valence-corrected chi connectivity index (χ0v) is 23.3. The van der Waals surface area contributed by atoms with Crippen LogP contribution in [0, 0.1) is 17.7 Å². The Morgan fingerprint density at radius 3 is 2.58 bits per heavy atom. The fourth-order valence-electron chi connectivity index (χ4n) is 6.55. The van der Waals surface area contributed by atoms with Crippen molar-refractivity contribution in [2.45, 2.75) is 89.1 Å². The van der Waals surface area contributed by atoms with Crippen molar-refractivity contribution >= 4 is 29.3 Å². The van der Waals surface area contributed by atoms with Gasteiger partial charge in [-0.15, -0.1) is 0 Å². The highest BCUT2D eigenvalue weighted by molar-refractivity contribution is 5.98. The Labute approximate surface area is 234 Å². The average Bonchev–Trinajstić information content (AvgIpc) is 3.64. The second-order valence-electron chi connectivity index (χ2n) is 11.7. The number of nitrogens with zero attached hydrogens (tertiary/aromatic N) is 5. The van der Waals surface area contributed by atoms with Gasteiger partial charge in [0.1, 0.15) is 17.2 Å². The number of rotatable bonds is 10. The monoisotopic (exact) mass is 547 g/mol. The average molecular weight is 548 g/mol. The van der Waals surface area contributed by atoms with E-state index in [1.807, 2.05) is 12.1 Å². The summed E-state index contributed by atoms with van der Waals surface area (Å²) in [6, 6.07) is 7.28. The minimum absolute atomic E-state index is 0.199. The van der Waals surface area contributed by atoms with Gasteiger partial charge in [-0.2, -0.15) is 5.48 Å². The van der Waals surface area contributed by atoms with E-state index in [4.69, 9.17) is 19.8 Å². The number of imidazole rings is 1. The van der Waals surface area contributed by atoms with Crippen LogP contribution in [0.25, 0.3) is 11.2 Å². The molecule has 0 aliphatic heterocycles. The fraction of sp³-hybridized carbons (Fsp3) is 0.567. The van der Waals surface area contributed by atoms with E-state index in [2.05, 4.69) is 27.3 Å². The number of nitrogens with one attached hydrogen (secondary N) is 2. The van der Waals surface area contributed by atoms with Crippen molar-refractivity contribution in [3.8, 4) is 0 Å². The van der Waals surface area contributed by atoms with Crippen LogP contribution in [-0.4, -0.2) is 44.9 Å². The molecular formula is C30H38FN7O2. The number of halogens is 1. The minimum atomic E-state index is -0.488. The second-order valence-corrected chi connectivity index (χ2v) is 11.7. The Balaban J connectivity index is 1.53. The third-order valence-corrected chi connectivity index (χ3v) is 9.20. The highest BCUT2D eigenvalue weighted by atomic mass is 19.1. The van der Waals surface area contributed by atoms with E-state index >= 15 is 4.39 Å². The van der Waals surface area contributed by atoms with Gasteiger partial charge >= 0.3 is 6.47 Å². The number of amidine groups is 1. The first kappa shape index (κ1) is 26.7. The van der Waals surface area contributed by atoms with Gasteiger partial charge in [-0.1, -0.05) is 43.9 Å². The highest BCUT2D eigenvalue weighted by Gasteiger charge is 2.51. The zero-order chi connectivity index (χ0) is 27.7. The van der Waals surface area contributed by atoms with Gasteiger partial charge in [0.25, 0.3) is 0 Å². The number of fused-ring (bicyclic) bond motifs is 1. The number of hydrogen-bond acceptors (Lipinski definition) is 7. The van der Waals surface area contributed by atoms with E-state index in [0.717, 1.165) is 30.7 Å². The third-order valence-electron chi connectivity index (χ3n) is 9.20. The van der Waals surface area contributed by atoms with Crippen molar-refractivity contribution in [2.75, 3.05) is 12.4 Å². The van der Waals surface area contributed by atoms with Gasteiger partial charge in [-0.25, -0.2) is 19.3 Å². The first-order chi connectivity index (χ1) is 19.5. The van der Waals surface area contributed by atoms with Crippen molar-refractivity contribution in [1.82, 2.24) is 25.0 Å². The van der Waals surface area contributed by atoms with Gasteiger partial charge in [0.2, 0.25) is 11.7 Å². The SMILES string of the molecule is CN=C(NOC=O)c1nc(NC(C)C2CCC2)c2c(n1)nc(C1(c3ccccc3F)CC1)n2CC1CCCCC1. The summed E-state index contributed by atoms with van der Waals surface area (Å²) in [5.41, 5.74) is 4.13. The fourth-order valence-corrected chi connectivity index (χ4v) is 6.55. The molecule has 0 bridgehead atoms. The van der Waals surface area contributed by atoms with Crippen molar-refractivity contribution < 1.29 is 14.0 Å². The lowest BCUT2D eigenvalue weighted by Crippen LogP contribution is -2.32. The van der Waals surface area contributed by atoms with Gasteiger partial charge in [-0.3, -0.25) is 9.79 Å². The molecule has 1 atom stereocenters. The van der Waals surface area contributed by atoms with Gasteiger partial charge in [0.05, 0.1) is 5.41 Å². The summed E-state index contributed by atoms with van der Waals surface area (Å²) in [5.74, 6) is 2.95. The van der Waals surface area contributed by atoms with E-state index < -0.39 is 5.41 Å². The molecular weight excluding hydrogens is 509 g/mol. The van der Waals surface area contributed by atoms with Crippen LogP contribution in [0.3, 0.4) is 0 Å². The molecule has 1 aromatic carbocycles. The molecule has 1 unspecified atom stereocenters. The van der Waals surface area contributed by atoms with Crippen LogP contribution in [0.2, 0.25) is 0 Å². The molecule has 2 aromatic heterocycles. The van der Waals surface area contributed by atoms with Crippen molar-refractivity contribution in [3.05, 3.63) is 47.3 Å². The quantitative estimate of drug-likeness (QED) is 0.154. The number of aliphatic imine (C=N–C) groups is 1. The summed E-state index contributed by atoms with van der Waals surface area (Å²) in [6.07, 6.45) is 11.4. The molecule has 0 saturated heterocycles. The highest BCUT2D eigenvalue weighted by Crippen LogP contribution is 2.54. The van der Waals surface area contributed by atoms with Crippen molar-refractivity contribution in [2.24, 2.45) is 16.8 Å². The van der Waals surface area contributed by atoms with Crippen molar-refractivity contribution in [3.63, 3.8) is 0 Å². The standard InChI is InChI=1S/C30H38FN7O2/c1-19(21-11-8-12-21)33-25-24-26(35-28(34-25)27(32-2)37-40-18-39)36-29(38(24)17-20-9-4-3-5-10-20)30(15-16-30)22-13-6-7-14-23(22)31/h6-7,13-14,18-21H,3-5,8-12,15-17H2,1-2H3,(H,32,37)(H,33,34,35). The Morgan fingerprint density at radius 1 is 1.15 bits per heavy atom. The van der Waals surface area contributed by atoms with Gasteiger partial charge in [0.15, 0.2) is 11.5 Å². The van der Waals surface area contributed by atoms with E-state index in [1.165, 1.54) is 57.4 Å². The smallest absolute Gasteiger partial charge is 0.320 e. The van der Waals surface area contributed by atoms with Crippen LogP contribution in [-0.2, 0) is 21.6 Å². The Hall–Kier alpha value is -3.56. The van der Waals surface area contributed by atoms with E-state index in [-0.39, 0.29) is 23.5 Å². The van der Waals surface area contributed by atoms with Gasteiger partial charge in [-0.05, 0) is 63.4 Å². The third kappa shape index (κ3) is 4.92. The summed E-state index contributed by atoms with van der Waals surface area (Å²) >= 11 is 0. The number of hydrogen-bond donors (Lipinski definition) is 2. The first-order valence-electron chi connectivity index (χ1n) is 14.7. The van der Waals surface area contributed by atoms with Crippen LogP contribution in [0.4, 0.5) is 10.2 Å². The molecule has 3 saturated carbocycles. The number of anilines is 1. The first-order valence-corrected chi connectivity index (χ1v) is 14.7. The van der Waals surface area contributed by atoms with Crippen molar-refractivity contribution in [1.29, 1.82) is 0 Å². The molecule has 9 nitrogen and oxygen atoms in total. The molecule has 3 aliphatic carbocycles. The lowest BCUT2D eigenvalue weighted by molar-refractivity contribution is -0.132.